The van der Waals surface area contributed by atoms with E-state index >= 15 is 0 Å². The van der Waals surface area contributed by atoms with Gasteiger partial charge in [-0.15, -0.1) is 0 Å². The van der Waals surface area contributed by atoms with Crippen molar-refractivity contribution in [2.45, 2.75) is 12.5 Å². The van der Waals surface area contributed by atoms with E-state index in [0.717, 1.165) is 17.1 Å². The van der Waals surface area contributed by atoms with Gasteiger partial charge >= 0.3 is 0 Å². The van der Waals surface area contributed by atoms with Crippen LogP contribution in [0.4, 0.5) is 5.82 Å². The van der Waals surface area contributed by atoms with Gasteiger partial charge in [0.1, 0.15) is 11.6 Å². The van der Waals surface area contributed by atoms with Gasteiger partial charge in [0.2, 0.25) is 0 Å². The summed E-state index contributed by atoms with van der Waals surface area (Å²) in [5.41, 5.74) is 1.72. The molecule has 0 bridgehead atoms. The lowest BCUT2D eigenvalue weighted by Gasteiger charge is -2.19. The summed E-state index contributed by atoms with van der Waals surface area (Å²) in [6.45, 7) is 0. The van der Waals surface area contributed by atoms with Gasteiger partial charge in [-0.25, -0.2) is 4.98 Å². The number of carbonyl (C=O) groups excluding carboxylic acids is 1. The van der Waals surface area contributed by atoms with Gasteiger partial charge in [-0.05, 0) is 29.8 Å². The molecule has 1 atom stereocenters. The number of aromatic nitrogens is 1. The quantitative estimate of drug-likeness (QED) is 0.647. The van der Waals surface area contributed by atoms with Gasteiger partial charge < -0.3 is 10.1 Å². The second-order valence-corrected chi connectivity index (χ2v) is 5.68. The number of pyridine rings is 1. The van der Waals surface area contributed by atoms with Crippen molar-refractivity contribution >= 4 is 11.6 Å². The molecule has 1 unspecified atom stereocenters. The molecule has 1 N–H and O–H groups in total. The van der Waals surface area contributed by atoms with Crippen molar-refractivity contribution in [3.8, 4) is 5.75 Å². The molecule has 126 valence electrons. The van der Waals surface area contributed by atoms with Crippen LogP contribution in [0.15, 0.2) is 79.0 Å². The fourth-order valence-electron chi connectivity index (χ4n) is 2.64. The average Bonchev–Trinajstić information content (AvgIpc) is 2.69. The summed E-state index contributed by atoms with van der Waals surface area (Å²) in [6, 6.07) is 22.6. The molecule has 0 aliphatic heterocycles. The van der Waals surface area contributed by atoms with Crippen LogP contribution in [0.1, 0.15) is 28.4 Å². The minimum Gasteiger partial charge on any atom is -0.497 e. The molecule has 25 heavy (non-hydrogen) atoms. The lowest BCUT2D eigenvalue weighted by atomic mass is 9.97. The van der Waals surface area contributed by atoms with Crippen LogP contribution < -0.4 is 10.1 Å². The monoisotopic (exact) mass is 332 g/mol. The smallest absolute Gasteiger partial charge is 0.165 e. The topological polar surface area (TPSA) is 51.2 Å². The highest BCUT2D eigenvalue weighted by Crippen LogP contribution is 2.25. The fourth-order valence-corrected chi connectivity index (χ4v) is 2.64. The Morgan fingerprint density at radius 3 is 2.36 bits per heavy atom. The van der Waals surface area contributed by atoms with E-state index in [2.05, 4.69) is 10.3 Å². The molecule has 0 saturated heterocycles. The molecule has 0 spiro atoms. The lowest BCUT2D eigenvalue weighted by Crippen LogP contribution is -2.16. The van der Waals surface area contributed by atoms with Crippen LogP contribution in [0.3, 0.4) is 0 Å². The fraction of sp³-hybridized carbons (Fsp3) is 0.143. The van der Waals surface area contributed by atoms with Gasteiger partial charge in [-0.1, -0.05) is 48.5 Å². The number of nitrogens with zero attached hydrogens (tertiary/aromatic N) is 1. The molecular weight excluding hydrogens is 312 g/mol. The molecule has 2 aromatic carbocycles. The van der Waals surface area contributed by atoms with Crippen LogP contribution in [-0.2, 0) is 0 Å². The Bertz CT molecular complexity index is 802. The maximum Gasteiger partial charge on any atom is 0.165 e. The minimum absolute atomic E-state index is 0.0878. The van der Waals surface area contributed by atoms with Gasteiger partial charge in [0.05, 0.1) is 13.2 Å². The predicted molar refractivity (Wildman–Crippen MR) is 99.0 cm³/mol. The van der Waals surface area contributed by atoms with Crippen LogP contribution in [0.25, 0.3) is 0 Å². The molecule has 1 heterocycles. The molecule has 4 heteroatoms. The number of rotatable bonds is 7. The van der Waals surface area contributed by atoms with Gasteiger partial charge in [0, 0.05) is 18.2 Å². The zero-order chi connectivity index (χ0) is 17.5. The molecule has 0 aliphatic carbocycles. The van der Waals surface area contributed by atoms with Crippen LogP contribution in [-0.4, -0.2) is 17.9 Å². The van der Waals surface area contributed by atoms with E-state index in [9.17, 15) is 4.79 Å². The predicted octanol–water partition coefficient (Wildman–Crippen LogP) is 4.52. The molecule has 4 nitrogen and oxygen atoms in total. The summed E-state index contributed by atoms with van der Waals surface area (Å²) in [5, 5.41) is 3.36. The van der Waals surface area contributed by atoms with Crippen LogP contribution in [0.5, 0.6) is 5.75 Å². The van der Waals surface area contributed by atoms with Crippen molar-refractivity contribution in [1.82, 2.24) is 4.98 Å². The zero-order valence-electron chi connectivity index (χ0n) is 14.1. The summed E-state index contributed by atoms with van der Waals surface area (Å²) >= 11 is 0. The van der Waals surface area contributed by atoms with Crippen molar-refractivity contribution in [1.29, 1.82) is 0 Å². The zero-order valence-corrected chi connectivity index (χ0v) is 14.1. The number of hydrogen-bond donors (Lipinski definition) is 1. The highest BCUT2D eigenvalue weighted by Gasteiger charge is 2.17. The number of anilines is 1. The summed E-state index contributed by atoms with van der Waals surface area (Å²) in [7, 11) is 1.64. The highest BCUT2D eigenvalue weighted by atomic mass is 16.5. The second-order valence-electron chi connectivity index (χ2n) is 5.68. The van der Waals surface area contributed by atoms with Crippen molar-refractivity contribution in [3.05, 3.63) is 90.1 Å². The number of ether oxygens (including phenoxy) is 1. The van der Waals surface area contributed by atoms with E-state index in [1.54, 1.807) is 13.3 Å². The summed E-state index contributed by atoms with van der Waals surface area (Å²) < 4.78 is 5.22. The first-order chi connectivity index (χ1) is 12.3. The maximum absolute atomic E-state index is 12.7. The third kappa shape index (κ3) is 4.44. The number of benzene rings is 2. The first kappa shape index (κ1) is 16.7. The Balaban J connectivity index is 1.84. The molecule has 1 aromatic heterocycles. The Hall–Kier alpha value is -3.14. The maximum atomic E-state index is 12.7. The summed E-state index contributed by atoms with van der Waals surface area (Å²) in [5.74, 6) is 1.61. The molecule has 3 aromatic rings. The van der Waals surface area contributed by atoms with Crippen LogP contribution in [0, 0.1) is 0 Å². The number of hydrogen-bond acceptors (Lipinski definition) is 4. The molecule has 0 aliphatic rings. The van der Waals surface area contributed by atoms with E-state index < -0.39 is 0 Å². The molecular formula is C21H20N2O2. The van der Waals surface area contributed by atoms with E-state index in [0.29, 0.717) is 12.0 Å². The third-order valence-corrected chi connectivity index (χ3v) is 3.99. The van der Waals surface area contributed by atoms with Crippen LogP contribution in [0.2, 0.25) is 0 Å². The first-order valence-electron chi connectivity index (χ1n) is 8.16. The SMILES string of the molecule is COc1ccc(C(CC(=O)c2ccccc2)Nc2ccccn2)cc1. The molecule has 3 rings (SSSR count). The number of nitrogens with one attached hydrogen (secondary N) is 1. The van der Waals surface area contributed by atoms with E-state index in [1.165, 1.54) is 0 Å². The van der Waals surface area contributed by atoms with Gasteiger partial charge in [-0.3, -0.25) is 4.79 Å². The van der Waals surface area contributed by atoms with E-state index in [4.69, 9.17) is 4.74 Å². The first-order valence-corrected chi connectivity index (χ1v) is 8.16. The van der Waals surface area contributed by atoms with E-state index in [-0.39, 0.29) is 11.8 Å². The van der Waals surface area contributed by atoms with Crippen molar-refractivity contribution in [2.75, 3.05) is 12.4 Å². The van der Waals surface area contributed by atoms with Gasteiger partial charge in [0.25, 0.3) is 0 Å². The van der Waals surface area contributed by atoms with Gasteiger partial charge in [-0.2, -0.15) is 0 Å². The minimum atomic E-state index is -0.173. The third-order valence-electron chi connectivity index (χ3n) is 3.99. The Kier molecular flexibility index (Phi) is 5.42. The summed E-state index contributed by atoms with van der Waals surface area (Å²) in [4.78, 5) is 17.0. The Morgan fingerprint density at radius 2 is 1.72 bits per heavy atom. The number of carbonyl (C=O) groups is 1. The molecule has 0 fully saturated rings. The van der Waals surface area contributed by atoms with Gasteiger partial charge in [0.15, 0.2) is 5.78 Å². The molecule has 0 saturated carbocycles. The average molecular weight is 332 g/mol. The normalized spacial score (nSPS) is 11.6. The number of ketones is 1. The standard InChI is InChI=1S/C21H20N2O2/c1-25-18-12-10-16(11-13-18)19(23-21-9-5-6-14-22-21)15-20(24)17-7-3-2-4-8-17/h2-14,19H,15H2,1H3,(H,22,23). The van der Waals surface area contributed by atoms with Crippen molar-refractivity contribution in [2.24, 2.45) is 0 Å². The summed E-state index contributed by atoms with van der Waals surface area (Å²) in [6.07, 6.45) is 2.07. The Labute approximate surface area is 147 Å². The van der Waals surface area contributed by atoms with E-state index in [1.807, 2.05) is 72.8 Å². The number of Topliss-reactive ketones (excluding diaryl/α,β-unsaturated/α-hetero) is 1. The van der Waals surface area contributed by atoms with Crippen LogP contribution >= 0.6 is 0 Å². The van der Waals surface area contributed by atoms with Crippen molar-refractivity contribution in [3.63, 3.8) is 0 Å². The number of methoxy groups -OCH3 is 1. The molecule has 0 radical (unpaired) electrons. The Morgan fingerprint density at radius 1 is 1.00 bits per heavy atom. The highest BCUT2D eigenvalue weighted by molar-refractivity contribution is 5.96. The second kappa shape index (κ2) is 8.11. The lowest BCUT2D eigenvalue weighted by molar-refractivity contribution is 0.0976. The molecule has 0 amide bonds. The largest absolute Gasteiger partial charge is 0.497 e. The van der Waals surface area contributed by atoms with Crippen molar-refractivity contribution < 1.29 is 9.53 Å².